The average Bonchev–Trinajstić information content (AvgIpc) is 2.13. The molecule has 0 radical (unpaired) electrons. The van der Waals surface area contributed by atoms with Crippen molar-refractivity contribution in [1.29, 1.82) is 0 Å². The fraction of sp³-hybridized carbons (Fsp3) is 0.875. The lowest BCUT2D eigenvalue weighted by Gasteiger charge is -2.04. The maximum Gasteiger partial charge on any atom is 0.130 e. The maximum absolute atomic E-state index is 10.6. The van der Waals surface area contributed by atoms with Crippen molar-refractivity contribution >= 4 is 5.78 Å². The Morgan fingerprint density at radius 2 is 2.30 bits per heavy atom. The molecule has 2 atom stereocenters. The van der Waals surface area contributed by atoms with Gasteiger partial charge in [-0.05, 0) is 32.1 Å². The summed E-state index contributed by atoms with van der Waals surface area (Å²) in [7, 11) is 0. The van der Waals surface area contributed by atoms with Gasteiger partial charge in [0.1, 0.15) is 5.78 Å². The van der Waals surface area contributed by atoms with Gasteiger partial charge in [-0.3, -0.25) is 0 Å². The number of ketones is 1. The van der Waals surface area contributed by atoms with Crippen molar-refractivity contribution in [2.75, 3.05) is 0 Å². The molecule has 2 nitrogen and oxygen atoms in total. The monoisotopic (exact) mass is 142 g/mol. The third-order valence-electron chi connectivity index (χ3n) is 2.09. The molecule has 0 heterocycles. The summed E-state index contributed by atoms with van der Waals surface area (Å²) >= 11 is 0. The first-order valence-corrected chi connectivity index (χ1v) is 3.86. The lowest BCUT2D eigenvalue weighted by molar-refractivity contribution is -0.117. The van der Waals surface area contributed by atoms with Crippen LogP contribution in [-0.2, 0) is 4.79 Å². The summed E-state index contributed by atoms with van der Waals surface area (Å²) in [6.07, 6.45) is 3.28. The minimum absolute atomic E-state index is 0.135. The number of aliphatic hydroxyl groups excluding tert-OH is 1. The van der Waals surface area contributed by atoms with Crippen LogP contribution in [0.15, 0.2) is 0 Å². The van der Waals surface area contributed by atoms with Crippen LogP contribution < -0.4 is 0 Å². The predicted octanol–water partition coefficient (Wildman–Crippen LogP) is 1.13. The minimum atomic E-state index is -0.135. The molecule has 10 heavy (non-hydrogen) atoms. The highest BCUT2D eigenvalue weighted by molar-refractivity contribution is 5.75. The van der Waals surface area contributed by atoms with E-state index in [0.717, 1.165) is 19.3 Å². The third-order valence-corrected chi connectivity index (χ3v) is 2.09. The molecule has 0 spiro atoms. The summed E-state index contributed by atoms with van der Waals surface area (Å²) in [5, 5.41) is 9.10. The lowest BCUT2D eigenvalue weighted by atomic mass is 10.0. The highest BCUT2D eigenvalue weighted by Crippen LogP contribution is 2.27. The van der Waals surface area contributed by atoms with E-state index in [1.165, 1.54) is 0 Å². The van der Waals surface area contributed by atoms with E-state index in [1.807, 2.05) is 0 Å². The van der Waals surface area contributed by atoms with Gasteiger partial charge in [-0.2, -0.15) is 0 Å². The van der Waals surface area contributed by atoms with Crippen molar-refractivity contribution in [3.8, 4) is 0 Å². The molecule has 0 aliphatic heterocycles. The number of hydrogen-bond acceptors (Lipinski definition) is 2. The van der Waals surface area contributed by atoms with E-state index in [-0.39, 0.29) is 11.9 Å². The van der Waals surface area contributed by atoms with Gasteiger partial charge in [-0.1, -0.05) is 0 Å². The van der Waals surface area contributed by atoms with E-state index in [2.05, 4.69) is 0 Å². The van der Waals surface area contributed by atoms with Gasteiger partial charge >= 0.3 is 0 Å². The second-order valence-corrected chi connectivity index (χ2v) is 3.24. The Labute approximate surface area is 61.2 Å². The Hall–Kier alpha value is -0.370. The van der Waals surface area contributed by atoms with E-state index in [0.29, 0.717) is 12.3 Å². The molecule has 1 aliphatic rings. The molecule has 0 unspecified atom stereocenters. The van der Waals surface area contributed by atoms with E-state index in [1.54, 1.807) is 6.92 Å². The molecule has 1 fully saturated rings. The minimum Gasteiger partial charge on any atom is -0.393 e. The molecule has 1 saturated carbocycles. The normalized spacial score (nSPS) is 32.6. The van der Waals surface area contributed by atoms with Crippen LogP contribution in [0.25, 0.3) is 0 Å². The lowest BCUT2D eigenvalue weighted by Crippen LogP contribution is -2.03. The smallest absolute Gasteiger partial charge is 0.130 e. The average molecular weight is 142 g/mol. The van der Waals surface area contributed by atoms with Crippen molar-refractivity contribution in [2.45, 2.75) is 38.7 Å². The molecule has 1 N–H and O–H groups in total. The number of rotatable bonds is 2. The SMILES string of the molecule is CC(=O)C[C@H]1CC[C@@H](O)C1. The van der Waals surface area contributed by atoms with Gasteiger partial charge in [-0.25, -0.2) is 0 Å². The highest BCUT2D eigenvalue weighted by atomic mass is 16.3. The molecule has 58 valence electrons. The molecule has 2 heteroatoms. The van der Waals surface area contributed by atoms with Crippen molar-refractivity contribution in [3.05, 3.63) is 0 Å². The zero-order valence-electron chi connectivity index (χ0n) is 6.34. The summed E-state index contributed by atoms with van der Waals surface area (Å²) in [6.45, 7) is 1.62. The molecule has 0 aromatic rings. The standard InChI is InChI=1S/C8H14O2/c1-6(9)4-7-2-3-8(10)5-7/h7-8,10H,2-5H2,1H3/t7-,8-/m1/s1. The first-order valence-electron chi connectivity index (χ1n) is 3.86. The summed E-state index contributed by atoms with van der Waals surface area (Å²) < 4.78 is 0. The van der Waals surface area contributed by atoms with Gasteiger partial charge in [0.05, 0.1) is 6.10 Å². The predicted molar refractivity (Wildman–Crippen MR) is 38.6 cm³/mol. The number of hydrogen-bond donors (Lipinski definition) is 1. The molecule has 0 bridgehead atoms. The van der Waals surface area contributed by atoms with Gasteiger partial charge in [0.25, 0.3) is 0 Å². The van der Waals surface area contributed by atoms with E-state index >= 15 is 0 Å². The summed E-state index contributed by atoms with van der Waals surface area (Å²) in [5.41, 5.74) is 0. The van der Waals surface area contributed by atoms with E-state index < -0.39 is 0 Å². The van der Waals surface area contributed by atoms with Crippen LogP contribution in [0.2, 0.25) is 0 Å². The Morgan fingerprint density at radius 3 is 2.70 bits per heavy atom. The van der Waals surface area contributed by atoms with Crippen LogP contribution in [0.1, 0.15) is 32.6 Å². The number of carbonyl (C=O) groups excluding carboxylic acids is 1. The third kappa shape index (κ3) is 2.10. The van der Waals surface area contributed by atoms with Crippen molar-refractivity contribution in [2.24, 2.45) is 5.92 Å². The van der Waals surface area contributed by atoms with Gasteiger partial charge < -0.3 is 9.90 Å². The Bertz CT molecular complexity index is 131. The van der Waals surface area contributed by atoms with Gasteiger partial charge in [0.15, 0.2) is 0 Å². The Kier molecular flexibility index (Phi) is 2.44. The fourth-order valence-electron chi connectivity index (χ4n) is 1.64. The number of Topliss-reactive ketones (excluding diaryl/α,β-unsaturated/α-hetero) is 1. The molecular formula is C8H14O2. The number of aliphatic hydroxyl groups is 1. The zero-order valence-corrected chi connectivity index (χ0v) is 6.34. The van der Waals surface area contributed by atoms with Crippen molar-refractivity contribution < 1.29 is 9.90 Å². The second kappa shape index (κ2) is 3.15. The largest absolute Gasteiger partial charge is 0.393 e. The van der Waals surface area contributed by atoms with Crippen molar-refractivity contribution in [3.63, 3.8) is 0 Å². The van der Waals surface area contributed by atoms with Gasteiger partial charge in [-0.15, -0.1) is 0 Å². The summed E-state index contributed by atoms with van der Waals surface area (Å²) in [4.78, 5) is 10.6. The Balaban J connectivity index is 2.24. The molecule has 0 aromatic heterocycles. The number of carbonyl (C=O) groups is 1. The molecule has 0 aromatic carbocycles. The quantitative estimate of drug-likeness (QED) is 0.627. The fourth-order valence-corrected chi connectivity index (χ4v) is 1.64. The molecule has 0 amide bonds. The maximum atomic E-state index is 10.6. The van der Waals surface area contributed by atoms with Gasteiger partial charge in [0.2, 0.25) is 0 Å². The Morgan fingerprint density at radius 1 is 1.60 bits per heavy atom. The van der Waals surface area contributed by atoms with Crippen LogP contribution in [0.3, 0.4) is 0 Å². The molecule has 0 saturated heterocycles. The topological polar surface area (TPSA) is 37.3 Å². The zero-order chi connectivity index (χ0) is 7.56. The van der Waals surface area contributed by atoms with Crippen LogP contribution in [0.5, 0.6) is 0 Å². The van der Waals surface area contributed by atoms with Gasteiger partial charge in [0, 0.05) is 6.42 Å². The highest BCUT2D eigenvalue weighted by Gasteiger charge is 2.23. The summed E-state index contributed by atoms with van der Waals surface area (Å²) in [5.74, 6) is 0.714. The van der Waals surface area contributed by atoms with E-state index in [9.17, 15) is 4.79 Å². The molecular weight excluding hydrogens is 128 g/mol. The van der Waals surface area contributed by atoms with Crippen LogP contribution >= 0.6 is 0 Å². The molecule has 1 rings (SSSR count). The van der Waals surface area contributed by atoms with Crippen molar-refractivity contribution in [1.82, 2.24) is 0 Å². The van der Waals surface area contributed by atoms with Crippen LogP contribution in [0, 0.1) is 5.92 Å². The van der Waals surface area contributed by atoms with Crippen LogP contribution in [-0.4, -0.2) is 17.0 Å². The second-order valence-electron chi connectivity index (χ2n) is 3.24. The van der Waals surface area contributed by atoms with E-state index in [4.69, 9.17) is 5.11 Å². The first kappa shape index (κ1) is 7.73. The summed E-state index contributed by atoms with van der Waals surface area (Å²) in [6, 6.07) is 0. The molecule has 1 aliphatic carbocycles. The van der Waals surface area contributed by atoms with Crippen LogP contribution in [0.4, 0.5) is 0 Å². The first-order chi connectivity index (χ1) is 4.68.